The molecule has 1 N–H and O–H groups in total. The molecule has 0 aliphatic carbocycles. The topological polar surface area (TPSA) is 35.6 Å². The van der Waals surface area contributed by atoms with E-state index in [-0.39, 0.29) is 17.8 Å². The van der Waals surface area contributed by atoms with E-state index >= 15 is 0 Å². The van der Waals surface area contributed by atoms with E-state index in [1.807, 2.05) is 19.1 Å². The standard InChI is InChI=1S/C16H24FN3O/c1-3-18-16(21)12-19-8-10-20(11-9-19)13(2)14-4-6-15(17)7-5-14/h4-7,13H,3,8-12H2,1-2H3,(H,18,21). The van der Waals surface area contributed by atoms with Crippen LogP contribution in [0.5, 0.6) is 0 Å². The highest BCUT2D eigenvalue weighted by Gasteiger charge is 2.22. The van der Waals surface area contributed by atoms with Gasteiger partial charge in [0, 0.05) is 38.8 Å². The number of halogens is 1. The SMILES string of the molecule is CCNC(=O)CN1CCN(C(C)c2ccc(F)cc2)CC1. The van der Waals surface area contributed by atoms with Crippen LogP contribution in [-0.2, 0) is 4.79 Å². The first-order valence-electron chi connectivity index (χ1n) is 7.58. The lowest BCUT2D eigenvalue weighted by Crippen LogP contribution is -2.49. The lowest BCUT2D eigenvalue weighted by atomic mass is 10.1. The van der Waals surface area contributed by atoms with Crippen molar-refractivity contribution in [2.75, 3.05) is 39.3 Å². The highest BCUT2D eigenvalue weighted by Crippen LogP contribution is 2.21. The lowest BCUT2D eigenvalue weighted by molar-refractivity contribution is -0.122. The summed E-state index contributed by atoms with van der Waals surface area (Å²) in [6.45, 7) is 8.88. The summed E-state index contributed by atoms with van der Waals surface area (Å²) in [6.07, 6.45) is 0. The number of carbonyl (C=O) groups excluding carboxylic acids is 1. The zero-order valence-electron chi connectivity index (χ0n) is 12.8. The van der Waals surface area contributed by atoms with Gasteiger partial charge in [0.25, 0.3) is 0 Å². The van der Waals surface area contributed by atoms with Crippen LogP contribution in [0.3, 0.4) is 0 Å². The highest BCUT2D eigenvalue weighted by molar-refractivity contribution is 5.77. The van der Waals surface area contributed by atoms with Gasteiger partial charge in [0.05, 0.1) is 6.54 Å². The number of nitrogens with zero attached hydrogens (tertiary/aromatic N) is 2. The summed E-state index contributed by atoms with van der Waals surface area (Å²) in [5.74, 6) is -0.102. The number of rotatable bonds is 5. The Labute approximate surface area is 125 Å². The Morgan fingerprint density at radius 2 is 1.86 bits per heavy atom. The van der Waals surface area contributed by atoms with E-state index in [9.17, 15) is 9.18 Å². The summed E-state index contributed by atoms with van der Waals surface area (Å²) >= 11 is 0. The Morgan fingerprint density at radius 1 is 1.24 bits per heavy atom. The maximum Gasteiger partial charge on any atom is 0.234 e. The number of hydrogen-bond donors (Lipinski definition) is 1. The number of benzene rings is 1. The van der Waals surface area contributed by atoms with Crippen LogP contribution in [0, 0.1) is 5.82 Å². The van der Waals surface area contributed by atoms with Crippen molar-refractivity contribution in [2.45, 2.75) is 19.9 Å². The van der Waals surface area contributed by atoms with Crippen LogP contribution >= 0.6 is 0 Å². The van der Waals surface area contributed by atoms with E-state index in [2.05, 4.69) is 22.0 Å². The Kier molecular flexibility index (Phi) is 5.70. The number of piperazine rings is 1. The molecule has 0 spiro atoms. The van der Waals surface area contributed by atoms with Crippen LogP contribution in [-0.4, -0.2) is 55.0 Å². The van der Waals surface area contributed by atoms with Gasteiger partial charge in [0.15, 0.2) is 0 Å². The minimum Gasteiger partial charge on any atom is -0.355 e. The summed E-state index contributed by atoms with van der Waals surface area (Å²) in [6, 6.07) is 6.99. The smallest absolute Gasteiger partial charge is 0.234 e. The number of nitrogens with one attached hydrogen (secondary N) is 1. The third-order valence-electron chi connectivity index (χ3n) is 4.05. The number of likely N-dealkylation sites (N-methyl/N-ethyl adjacent to an activating group) is 1. The molecule has 0 bridgehead atoms. The largest absolute Gasteiger partial charge is 0.355 e. The van der Waals surface area contributed by atoms with Gasteiger partial charge < -0.3 is 5.32 Å². The van der Waals surface area contributed by atoms with Crippen molar-refractivity contribution in [3.8, 4) is 0 Å². The first-order valence-corrected chi connectivity index (χ1v) is 7.58. The van der Waals surface area contributed by atoms with E-state index < -0.39 is 0 Å². The monoisotopic (exact) mass is 293 g/mol. The molecule has 0 aromatic heterocycles. The van der Waals surface area contributed by atoms with E-state index in [1.165, 1.54) is 12.1 Å². The van der Waals surface area contributed by atoms with E-state index in [0.29, 0.717) is 13.1 Å². The second kappa shape index (κ2) is 7.52. The summed E-state index contributed by atoms with van der Waals surface area (Å²) in [7, 11) is 0. The summed E-state index contributed by atoms with van der Waals surface area (Å²) < 4.78 is 13.0. The maximum absolute atomic E-state index is 13.0. The second-order valence-electron chi connectivity index (χ2n) is 5.49. The van der Waals surface area contributed by atoms with E-state index in [0.717, 1.165) is 31.7 Å². The molecule has 1 amide bonds. The van der Waals surface area contributed by atoms with Crippen molar-refractivity contribution in [1.29, 1.82) is 0 Å². The van der Waals surface area contributed by atoms with Crippen LogP contribution in [0.2, 0.25) is 0 Å². The Hall–Kier alpha value is -1.46. The van der Waals surface area contributed by atoms with Gasteiger partial charge >= 0.3 is 0 Å². The van der Waals surface area contributed by atoms with Crippen molar-refractivity contribution >= 4 is 5.91 Å². The van der Waals surface area contributed by atoms with Gasteiger partial charge in [-0.1, -0.05) is 12.1 Å². The summed E-state index contributed by atoms with van der Waals surface area (Å²) in [4.78, 5) is 16.1. The lowest BCUT2D eigenvalue weighted by Gasteiger charge is -2.37. The van der Waals surface area contributed by atoms with Gasteiger partial charge in [-0.3, -0.25) is 14.6 Å². The van der Waals surface area contributed by atoms with Gasteiger partial charge in [0.2, 0.25) is 5.91 Å². The fraction of sp³-hybridized carbons (Fsp3) is 0.562. The molecule has 116 valence electrons. The molecule has 1 aromatic carbocycles. The molecular weight excluding hydrogens is 269 g/mol. The molecule has 0 radical (unpaired) electrons. The average Bonchev–Trinajstić information content (AvgIpc) is 2.48. The van der Waals surface area contributed by atoms with Crippen molar-refractivity contribution in [1.82, 2.24) is 15.1 Å². The molecule has 2 rings (SSSR count). The Bertz CT molecular complexity index is 455. The fourth-order valence-corrected chi connectivity index (χ4v) is 2.72. The van der Waals surface area contributed by atoms with E-state index in [1.54, 1.807) is 0 Å². The van der Waals surface area contributed by atoms with Crippen molar-refractivity contribution in [3.63, 3.8) is 0 Å². The molecular formula is C16H24FN3O. The molecule has 1 unspecified atom stereocenters. The van der Waals surface area contributed by atoms with Gasteiger partial charge in [-0.25, -0.2) is 4.39 Å². The van der Waals surface area contributed by atoms with Crippen LogP contribution in [0.1, 0.15) is 25.5 Å². The normalized spacial score (nSPS) is 18.4. The summed E-state index contributed by atoms with van der Waals surface area (Å²) in [5.41, 5.74) is 1.13. The third kappa shape index (κ3) is 4.51. The number of carbonyl (C=O) groups is 1. The molecule has 1 fully saturated rings. The minimum absolute atomic E-state index is 0.0949. The average molecular weight is 293 g/mol. The van der Waals surface area contributed by atoms with E-state index in [4.69, 9.17) is 0 Å². The number of hydrogen-bond acceptors (Lipinski definition) is 3. The minimum atomic E-state index is -0.197. The van der Waals surface area contributed by atoms with Crippen molar-refractivity contribution in [3.05, 3.63) is 35.6 Å². The van der Waals surface area contributed by atoms with Gasteiger partial charge in [-0.15, -0.1) is 0 Å². The fourth-order valence-electron chi connectivity index (χ4n) is 2.72. The molecule has 4 nitrogen and oxygen atoms in total. The molecule has 0 saturated carbocycles. The molecule has 21 heavy (non-hydrogen) atoms. The molecule has 1 aliphatic rings. The van der Waals surface area contributed by atoms with Crippen molar-refractivity contribution in [2.24, 2.45) is 0 Å². The van der Waals surface area contributed by atoms with Gasteiger partial charge in [0.1, 0.15) is 5.82 Å². The predicted octanol–water partition coefficient (Wildman–Crippen LogP) is 1.64. The first-order chi connectivity index (χ1) is 10.1. The molecule has 1 aromatic rings. The quantitative estimate of drug-likeness (QED) is 0.896. The molecule has 1 heterocycles. The van der Waals surface area contributed by atoms with Crippen molar-refractivity contribution < 1.29 is 9.18 Å². The zero-order chi connectivity index (χ0) is 15.2. The van der Waals surface area contributed by atoms with Gasteiger partial charge in [-0.2, -0.15) is 0 Å². The number of amides is 1. The maximum atomic E-state index is 13.0. The first kappa shape index (κ1) is 15.9. The van der Waals surface area contributed by atoms with Crippen LogP contribution in [0.25, 0.3) is 0 Å². The Balaban J connectivity index is 1.83. The Morgan fingerprint density at radius 3 is 2.43 bits per heavy atom. The van der Waals surface area contributed by atoms with Crippen LogP contribution in [0.15, 0.2) is 24.3 Å². The highest BCUT2D eigenvalue weighted by atomic mass is 19.1. The summed E-state index contributed by atoms with van der Waals surface area (Å²) in [5, 5.41) is 2.83. The zero-order valence-corrected chi connectivity index (χ0v) is 12.8. The second-order valence-corrected chi connectivity index (χ2v) is 5.49. The van der Waals surface area contributed by atoms with Gasteiger partial charge in [-0.05, 0) is 31.5 Å². The molecule has 1 saturated heterocycles. The van der Waals surface area contributed by atoms with Crippen LogP contribution in [0.4, 0.5) is 4.39 Å². The third-order valence-corrected chi connectivity index (χ3v) is 4.05. The molecule has 5 heteroatoms. The molecule has 1 atom stereocenters. The van der Waals surface area contributed by atoms with Crippen LogP contribution < -0.4 is 5.32 Å². The molecule has 1 aliphatic heterocycles. The predicted molar refractivity (Wildman–Crippen MR) is 81.5 cm³/mol.